The van der Waals surface area contributed by atoms with E-state index in [1.807, 2.05) is 23.8 Å². The lowest BCUT2D eigenvalue weighted by Gasteiger charge is -2.29. The molecule has 5 heteroatoms. The molecule has 4 nitrogen and oxygen atoms in total. The lowest BCUT2D eigenvalue weighted by Crippen LogP contribution is -2.39. The molecule has 0 aromatic carbocycles. The van der Waals surface area contributed by atoms with Crippen LogP contribution < -0.4 is 5.32 Å². The molecule has 2 rings (SSSR count). The van der Waals surface area contributed by atoms with Gasteiger partial charge in [0.05, 0.1) is 0 Å². The van der Waals surface area contributed by atoms with Gasteiger partial charge in [-0.05, 0) is 61.3 Å². The number of carbonyl (C=O) groups is 1. The minimum absolute atomic E-state index is 0.0285. The van der Waals surface area contributed by atoms with Gasteiger partial charge in [0.2, 0.25) is 0 Å². The van der Waals surface area contributed by atoms with E-state index in [0.717, 1.165) is 29.8 Å². The molecule has 1 atom stereocenters. The number of carbonyl (C=O) groups excluding carboxylic acids is 1. The van der Waals surface area contributed by atoms with Gasteiger partial charge in [0.15, 0.2) is 0 Å². The molecule has 2 heterocycles. The molecule has 1 saturated heterocycles. The van der Waals surface area contributed by atoms with Crippen molar-refractivity contribution in [3.05, 3.63) is 22.4 Å². The normalized spacial score (nSPS) is 20.5. The molecule has 0 saturated carbocycles. The van der Waals surface area contributed by atoms with E-state index < -0.39 is 0 Å². The van der Waals surface area contributed by atoms with Gasteiger partial charge in [0, 0.05) is 30.3 Å². The second kappa shape index (κ2) is 6.57. The minimum Gasteiger partial charge on any atom is -0.350 e. The Hall–Kier alpha value is -0.810. The number of nitrogens with one attached hydrogen (secondary N) is 1. The Bertz CT molecular complexity index is 444. The van der Waals surface area contributed by atoms with Crippen LogP contribution in [0.15, 0.2) is 16.7 Å². The molecular formula is C14H22BrN3O. The van der Waals surface area contributed by atoms with Gasteiger partial charge in [0.1, 0.15) is 5.69 Å². The van der Waals surface area contributed by atoms with Gasteiger partial charge in [0.25, 0.3) is 5.91 Å². The van der Waals surface area contributed by atoms with Crippen molar-refractivity contribution in [1.29, 1.82) is 0 Å². The van der Waals surface area contributed by atoms with Crippen molar-refractivity contribution >= 4 is 21.8 Å². The second-order valence-electron chi connectivity index (χ2n) is 5.31. The molecule has 0 radical (unpaired) electrons. The molecular weight excluding hydrogens is 306 g/mol. The van der Waals surface area contributed by atoms with E-state index in [9.17, 15) is 4.79 Å². The number of hydrogen-bond donors (Lipinski definition) is 1. The zero-order valence-electron chi connectivity index (χ0n) is 11.7. The predicted molar refractivity (Wildman–Crippen MR) is 80.4 cm³/mol. The first-order valence-corrected chi connectivity index (χ1v) is 7.72. The first kappa shape index (κ1) is 14.6. The third-order valence-corrected chi connectivity index (χ3v) is 4.14. The molecule has 106 valence electrons. The van der Waals surface area contributed by atoms with Crippen LogP contribution in [0, 0.1) is 5.92 Å². The molecule has 1 aromatic rings. The summed E-state index contributed by atoms with van der Waals surface area (Å²) >= 11 is 3.42. The first-order valence-electron chi connectivity index (χ1n) is 6.92. The highest BCUT2D eigenvalue weighted by atomic mass is 79.9. The van der Waals surface area contributed by atoms with E-state index in [4.69, 9.17) is 0 Å². The van der Waals surface area contributed by atoms with Crippen molar-refractivity contribution in [2.75, 3.05) is 26.7 Å². The van der Waals surface area contributed by atoms with Gasteiger partial charge in [-0.3, -0.25) is 4.79 Å². The average Bonchev–Trinajstić information content (AvgIpc) is 2.77. The molecule has 19 heavy (non-hydrogen) atoms. The number of halogens is 1. The Morgan fingerprint density at radius 2 is 2.37 bits per heavy atom. The average molecular weight is 328 g/mol. The number of aromatic nitrogens is 1. The van der Waals surface area contributed by atoms with E-state index in [0.29, 0.717) is 5.92 Å². The van der Waals surface area contributed by atoms with Crippen LogP contribution in [0.2, 0.25) is 0 Å². The van der Waals surface area contributed by atoms with Crippen molar-refractivity contribution in [2.24, 2.45) is 5.92 Å². The van der Waals surface area contributed by atoms with Crippen LogP contribution in [0.5, 0.6) is 0 Å². The van der Waals surface area contributed by atoms with E-state index in [1.54, 1.807) is 0 Å². The topological polar surface area (TPSA) is 37.3 Å². The Morgan fingerprint density at radius 3 is 3.05 bits per heavy atom. The van der Waals surface area contributed by atoms with Crippen molar-refractivity contribution < 1.29 is 4.79 Å². The van der Waals surface area contributed by atoms with Gasteiger partial charge >= 0.3 is 0 Å². The van der Waals surface area contributed by atoms with E-state index in [2.05, 4.69) is 33.2 Å². The lowest BCUT2D eigenvalue weighted by atomic mass is 9.98. The number of aryl methyl sites for hydroxylation is 1. The van der Waals surface area contributed by atoms with E-state index in [1.165, 1.54) is 19.4 Å². The van der Waals surface area contributed by atoms with Crippen LogP contribution in [-0.2, 0) is 6.54 Å². The summed E-state index contributed by atoms with van der Waals surface area (Å²) in [5.74, 6) is 0.608. The highest BCUT2D eigenvalue weighted by molar-refractivity contribution is 9.10. The maximum atomic E-state index is 12.2. The van der Waals surface area contributed by atoms with Crippen LogP contribution in [0.1, 0.15) is 30.3 Å². The number of hydrogen-bond acceptors (Lipinski definition) is 2. The summed E-state index contributed by atoms with van der Waals surface area (Å²) in [6.07, 6.45) is 4.39. The lowest BCUT2D eigenvalue weighted by molar-refractivity contribution is 0.0927. The maximum Gasteiger partial charge on any atom is 0.267 e. The molecule has 1 aliphatic heterocycles. The van der Waals surface area contributed by atoms with Crippen LogP contribution >= 0.6 is 15.9 Å². The van der Waals surface area contributed by atoms with Crippen LogP contribution in [0.3, 0.4) is 0 Å². The SMILES string of the molecule is CCn1cc(Br)cc1C(=O)NCC1CCCN(C)C1. The van der Waals surface area contributed by atoms with Crippen LogP contribution in [0.25, 0.3) is 0 Å². The largest absolute Gasteiger partial charge is 0.350 e. The van der Waals surface area contributed by atoms with Gasteiger partial charge in [-0.15, -0.1) is 0 Å². The molecule has 0 aliphatic carbocycles. The van der Waals surface area contributed by atoms with Gasteiger partial charge in [-0.1, -0.05) is 0 Å². The van der Waals surface area contributed by atoms with Crippen molar-refractivity contribution in [3.63, 3.8) is 0 Å². The Labute approximate surface area is 123 Å². The Kier molecular flexibility index (Phi) is 5.05. The fourth-order valence-electron chi connectivity index (χ4n) is 2.69. The predicted octanol–water partition coefficient (Wildman–Crippen LogP) is 2.34. The number of likely N-dealkylation sites (tertiary alicyclic amines) is 1. The number of piperidine rings is 1. The Balaban J connectivity index is 1.90. The maximum absolute atomic E-state index is 12.2. The molecule has 1 aliphatic rings. The van der Waals surface area contributed by atoms with Gasteiger partial charge < -0.3 is 14.8 Å². The monoisotopic (exact) mass is 327 g/mol. The summed E-state index contributed by atoms with van der Waals surface area (Å²) in [7, 11) is 2.15. The Morgan fingerprint density at radius 1 is 1.58 bits per heavy atom. The minimum atomic E-state index is 0.0285. The van der Waals surface area contributed by atoms with Gasteiger partial charge in [-0.2, -0.15) is 0 Å². The molecule has 1 fully saturated rings. The summed E-state index contributed by atoms with van der Waals surface area (Å²) in [5.41, 5.74) is 0.735. The highest BCUT2D eigenvalue weighted by Gasteiger charge is 2.19. The fraction of sp³-hybridized carbons (Fsp3) is 0.643. The molecule has 1 N–H and O–H groups in total. The standard InChI is InChI=1S/C14H22BrN3O/c1-3-18-10-12(15)7-13(18)14(19)16-8-11-5-4-6-17(2)9-11/h7,10-11H,3-6,8-9H2,1-2H3,(H,16,19). The fourth-order valence-corrected chi connectivity index (χ4v) is 3.16. The zero-order chi connectivity index (χ0) is 13.8. The van der Waals surface area contributed by atoms with Crippen molar-refractivity contribution in [2.45, 2.75) is 26.3 Å². The summed E-state index contributed by atoms with van der Waals surface area (Å²) in [6, 6.07) is 1.88. The molecule has 1 amide bonds. The van der Waals surface area contributed by atoms with E-state index >= 15 is 0 Å². The third-order valence-electron chi connectivity index (χ3n) is 3.71. The molecule has 0 spiro atoms. The molecule has 1 aromatic heterocycles. The van der Waals surface area contributed by atoms with Crippen molar-refractivity contribution in [3.8, 4) is 0 Å². The number of amides is 1. The number of nitrogens with zero attached hydrogens (tertiary/aromatic N) is 2. The smallest absolute Gasteiger partial charge is 0.267 e. The summed E-state index contributed by atoms with van der Waals surface area (Å²) in [5, 5.41) is 3.07. The summed E-state index contributed by atoms with van der Waals surface area (Å²) in [6.45, 7) is 5.88. The number of rotatable bonds is 4. The van der Waals surface area contributed by atoms with Crippen LogP contribution in [0.4, 0.5) is 0 Å². The third kappa shape index (κ3) is 3.83. The zero-order valence-corrected chi connectivity index (χ0v) is 13.2. The summed E-state index contributed by atoms with van der Waals surface area (Å²) in [4.78, 5) is 14.5. The quantitative estimate of drug-likeness (QED) is 0.921. The van der Waals surface area contributed by atoms with Crippen LogP contribution in [-0.4, -0.2) is 42.1 Å². The summed E-state index contributed by atoms with van der Waals surface area (Å²) < 4.78 is 2.92. The highest BCUT2D eigenvalue weighted by Crippen LogP contribution is 2.16. The first-order chi connectivity index (χ1) is 9.10. The van der Waals surface area contributed by atoms with E-state index in [-0.39, 0.29) is 5.91 Å². The van der Waals surface area contributed by atoms with Crippen molar-refractivity contribution in [1.82, 2.24) is 14.8 Å². The molecule has 1 unspecified atom stereocenters. The molecule has 0 bridgehead atoms. The van der Waals surface area contributed by atoms with Gasteiger partial charge in [-0.25, -0.2) is 0 Å². The second-order valence-corrected chi connectivity index (χ2v) is 6.23.